The first kappa shape index (κ1) is 14.2. The zero-order chi connectivity index (χ0) is 13.7. The van der Waals surface area contributed by atoms with Crippen LogP contribution in [-0.4, -0.2) is 33.4 Å². The Morgan fingerprint density at radius 3 is 2.89 bits per heavy atom. The first-order valence-electron chi connectivity index (χ1n) is 6.04. The standard InChI is InChI=1S/C12H16IN5O/c1-3-4-14-10-5-12(17-11(16-10)8-19-2)18-7-9(13)6-15-18/h5-7H,3-4,8H2,1-2H3,(H,14,16,17). The second-order valence-electron chi connectivity index (χ2n) is 3.99. The zero-order valence-electron chi connectivity index (χ0n) is 10.9. The maximum atomic E-state index is 5.10. The molecule has 2 aromatic heterocycles. The molecule has 0 bridgehead atoms. The van der Waals surface area contributed by atoms with Gasteiger partial charge in [-0.05, 0) is 29.0 Å². The summed E-state index contributed by atoms with van der Waals surface area (Å²) in [6.45, 7) is 3.37. The Bertz CT molecular complexity index is 543. The van der Waals surface area contributed by atoms with Gasteiger partial charge in [0.1, 0.15) is 12.4 Å². The molecule has 2 rings (SSSR count). The van der Waals surface area contributed by atoms with Crippen molar-refractivity contribution >= 4 is 28.4 Å². The Morgan fingerprint density at radius 1 is 1.42 bits per heavy atom. The van der Waals surface area contributed by atoms with Gasteiger partial charge in [0.15, 0.2) is 11.6 Å². The average molecular weight is 373 g/mol. The minimum absolute atomic E-state index is 0.382. The van der Waals surface area contributed by atoms with Gasteiger partial charge in [0.25, 0.3) is 0 Å². The second kappa shape index (κ2) is 6.80. The molecule has 0 aliphatic rings. The molecule has 0 unspecified atom stereocenters. The van der Waals surface area contributed by atoms with Crippen LogP contribution in [0.3, 0.4) is 0 Å². The van der Waals surface area contributed by atoms with E-state index in [4.69, 9.17) is 4.74 Å². The third kappa shape index (κ3) is 3.87. The van der Waals surface area contributed by atoms with Crippen molar-refractivity contribution < 1.29 is 4.74 Å². The summed E-state index contributed by atoms with van der Waals surface area (Å²) in [5.74, 6) is 2.18. The highest BCUT2D eigenvalue weighted by Gasteiger charge is 2.07. The monoisotopic (exact) mass is 373 g/mol. The van der Waals surface area contributed by atoms with E-state index < -0.39 is 0 Å². The van der Waals surface area contributed by atoms with Crippen molar-refractivity contribution in [2.45, 2.75) is 20.0 Å². The maximum Gasteiger partial charge on any atom is 0.159 e. The molecule has 0 saturated heterocycles. The zero-order valence-corrected chi connectivity index (χ0v) is 13.1. The summed E-state index contributed by atoms with van der Waals surface area (Å²) >= 11 is 2.22. The van der Waals surface area contributed by atoms with Crippen molar-refractivity contribution in [3.8, 4) is 5.82 Å². The fourth-order valence-electron chi connectivity index (χ4n) is 1.56. The molecule has 0 atom stereocenters. The van der Waals surface area contributed by atoms with Gasteiger partial charge in [0.2, 0.25) is 0 Å². The third-order valence-electron chi connectivity index (χ3n) is 2.37. The van der Waals surface area contributed by atoms with Crippen molar-refractivity contribution in [3.05, 3.63) is 27.9 Å². The number of ether oxygens (including phenoxy) is 1. The molecular formula is C12H16IN5O. The molecule has 0 saturated carbocycles. The van der Waals surface area contributed by atoms with Gasteiger partial charge in [-0.25, -0.2) is 14.6 Å². The highest BCUT2D eigenvalue weighted by molar-refractivity contribution is 14.1. The van der Waals surface area contributed by atoms with Crippen LogP contribution in [0.15, 0.2) is 18.5 Å². The fraction of sp³-hybridized carbons (Fsp3) is 0.417. The number of nitrogens with one attached hydrogen (secondary N) is 1. The molecule has 102 valence electrons. The molecular weight excluding hydrogens is 357 g/mol. The highest BCUT2D eigenvalue weighted by atomic mass is 127. The van der Waals surface area contributed by atoms with E-state index in [0.717, 1.165) is 28.2 Å². The number of halogens is 1. The van der Waals surface area contributed by atoms with Crippen molar-refractivity contribution in [2.24, 2.45) is 0 Å². The Morgan fingerprint density at radius 2 is 2.26 bits per heavy atom. The summed E-state index contributed by atoms with van der Waals surface area (Å²) in [6.07, 6.45) is 4.75. The Hall–Kier alpha value is -1.22. The normalized spacial score (nSPS) is 10.7. The molecule has 2 heterocycles. The van der Waals surface area contributed by atoms with Crippen LogP contribution < -0.4 is 5.32 Å². The Kier molecular flexibility index (Phi) is 5.08. The van der Waals surface area contributed by atoms with E-state index in [-0.39, 0.29) is 0 Å². The van der Waals surface area contributed by atoms with Gasteiger partial charge in [0, 0.05) is 25.9 Å². The average Bonchev–Trinajstić information content (AvgIpc) is 2.83. The highest BCUT2D eigenvalue weighted by Crippen LogP contribution is 2.13. The van der Waals surface area contributed by atoms with Crippen LogP contribution >= 0.6 is 22.6 Å². The summed E-state index contributed by atoms with van der Waals surface area (Å²) in [5, 5.41) is 7.52. The van der Waals surface area contributed by atoms with Gasteiger partial charge < -0.3 is 10.1 Å². The first-order chi connectivity index (χ1) is 9.22. The van der Waals surface area contributed by atoms with E-state index >= 15 is 0 Å². The minimum atomic E-state index is 0.382. The van der Waals surface area contributed by atoms with E-state index in [1.54, 1.807) is 18.0 Å². The lowest BCUT2D eigenvalue weighted by Gasteiger charge is -2.09. The lowest BCUT2D eigenvalue weighted by Crippen LogP contribution is -2.09. The topological polar surface area (TPSA) is 64.9 Å². The summed E-state index contributed by atoms with van der Waals surface area (Å²) < 4.78 is 7.90. The number of nitrogens with zero attached hydrogens (tertiary/aromatic N) is 4. The van der Waals surface area contributed by atoms with Gasteiger partial charge >= 0.3 is 0 Å². The molecule has 1 N–H and O–H groups in total. The molecule has 7 heteroatoms. The summed E-state index contributed by atoms with van der Waals surface area (Å²) in [4.78, 5) is 8.84. The molecule has 0 aromatic carbocycles. The lowest BCUT2D eigenvalue weighted by molar-refractivity contribution is 0.178. The molecule has 2 aromatic rings. The van der Waals surface area contributed by atoms with E-state index in [9.17, 15) is 0 Å². The number of hydrogen-bond donors (Lipinski definition) is 1. The van der Waals surface area contributed by atoms with Gasteiger partial charge in [0.05, 0.1) is 9.77 Å². The van der Waals surface area contributed by atoms with Crippen LogP contribution in [0, 0.1) is 3.57 Å². The van der Waals surface area contributed by atoms with Gasteiger partial charge in [-0.1, -0.05) is 6.92 Å². The smallest absolute Gasteiger partial charge is 0.159 e. The predicted molar refractivity (Wildman–Crippen MR) is 81.4 cm³/mol. The van der Waals surface area contributed by atoms with E-state index in [0.29, 0.717) is 12.4 Å². The van der Waals surface area contributed by atoms with Gasteiger partial charge in [-0.2, -0.15) is 5.10 Å². The quantitative estimate of drug-likeness (QED) is 0.787. The van der Waals surface area contributed by atoms with Crippen LogP contribution in [0.5, 0.6) is 0 Å². The number of methoxy groups -OCH3 is 1. The maximum absolute atomic E-state index is 5.10. The lowest BCUT2D eigenvalue weighted by atomic mass is 10.4. The molecule has 0 spiro atoms. The largest absolute Gasteiger partial charge is 0.377 e. The van der Waals surface area contributed by atoms with Crippen molar-refractivity contribution in [1.82, 2.24) is 19.7 Å². The van der Waals surface area contributed by atoms with Crippen LogP contribution in [0.1, 0.15) is 19.2 Å². The molecule has 0 fully saturated rings. The third-order valence-corrected chi connectivity index (χ3v) is 2.93. The molecule has 0 radical (unpaired) electrons. The van der Waals surface area contributed by atoms with Crippen molar-refractivity contribution in [2.75, 3.05) is 19.0 Å². The van der Waals surface area contributed by atoms with E-state index in [1.165, 1.54) is 0 Å². The fourth-order valence-corrected chi connectivity index (χ4v) is 1.95. The molecule has 6 nitrogen and oxygen atoms in total. The van der Waals surface area contributed by atoms with Gasteiger partial charge in [-0.3, -0.25) is 0 Å². The van der Waals surface area contributed by atoms with Crippen molar-refractivity contribution in [3.63, 3.8) is 0 Å². The molecule has 0 aliphatic heterocycles. The molecule has 0 amide bonds. The summed E-state index contributed by atoms with van der Waals surface area (Å²) in [7, 11) is 1.63. The SMILES string of the molecule is CCCNc1cc(-n2cc(I)cn2)nc(COC)n1. The van der Waals surface area contributed by atoms with Gasteiger partial charge in [-0.15, -0.1) is 0 Å². The number of anilines is 1. The number of rotatable bonds is 6. The summed E-state index contributed by atoms with van der Waals surface area (Å²) in [5.41, 5.74) is 0. The molecule has 0 aliphatic carbocycles. The van der Waals surface area contributed by atoms with E-state index in [2.05, 4.69) is 49.9 Å². The number of aromatic nitrogens is 4. The van der Waals surface area contributed by atoms with Crippen LogP contribution in [0.2, 0.25) is 0 Å². The first-order valence-corrected chi connectivity index (χ1v) is 7.12. The van der Waals surface area contributed by atoms with E-state index in [1.807, 2.05) is 12.3 Å². The number of hydrogen-bond acceptors (Lipinski definition) is 5. The molecule has 19 heavy (non-hydrogen) atoms. The Labute approximate surface area is 125 Å². The van der Waals surface area contributed by atoms with Crippen LogP contribution in [-0.2, 0) is 11.3 Å². The van der Waals surface area contributed by atoms with Crippen LogP contribution in [0.4, 0.5) is 5.82 Å². The summed E-state index contributed by atoms with van der Waals surface area (Å²) in [6, 6.07) is 1.89. The van der Waals surface area contributed by atoms with Crippen LogP contribution in [0.25, 0.3) is 5.82 Å². The van der Waals surface area contributed by atoms with Crippen molar-refractivity contribution in [1.29, 1.82) is 0 Å². The predicted octanol–water partition coefficient (Wildman–Crippen LogP) is 2.24. The second-order valence-corrected chi connectivity index (χ2v) is 5.24. The Balaban J connectivity index is 2.33. The minimum Gasteiger partial charge on any atom is -0.377 e.